The second-order valence-electron chi connectivity index (χ2n) is 4.39. The lowest BCUT2D eigenvalue weighted by Crippen LogP contribution is -2.23. The normalized spacial score (nSPS) is 10.9. The third kappa shape index (κ3) is 6.64. The molecule has 0 fully saturated rings. The summed E-state index contributed by atoms with van der Waals surface area (Å²) in [5, 5.41) is 2.64. The van der Waals surface area contributed by atoms with Crippen LogP contribution in [-0.4, -0.2) is 32.5 Å². The van der Waals surface area contributed by atoms with E-state index >= 15 is 0 Å². The van der Waals surface area contributed by atoms with Crippen LogP contribution >= 0.6 is 11.6 Å². The van der Waals surface area contributed by atoms with Crippen molar-refractivity contribution in [2.45, 2.75) is 12.8 Å². The summed E-state index contributed by atoms with van der Waals surface area (Å²) in [5.41, 5.74) is 0.892. The molecule has 0 atom stereocenters. The lowest BCUT2D eigenvalue weighted by atomic mass is 10.2. The summed E-state index contributed by atoms with van der Waals surface area (Å²) >= 11 is 5.51. The summed E-state index contributed by atoms with van der Waals surface area (Å²) < 4.78 is 26.0. The molecular weight excluding hydrogens is 312 g/mol. The van der Waals surface area contributed by atoms with Gasteiger partial charge in [-0.1, -0.05) is 6.08 Å². The van der Waals surface area contributed by atoms with E-state index in [4.69, 9.17) is 11.6 Å². The van der Waals surface area contributed by atoms with E-state index < -0.39 is 10.0 Å². The number of halogens is 1. The average molecular weight is 331 g/mol. The molecule has 0 aliphatic heterocycles. The molecule has 0 aromatic heterocycles. The Morgan fingerprint density at radius 3 is 2.48 bits per heavy atom. The van der Waals surface area contributed by atoms with E-state index in [-0.39, 0.29) is 11.7 Å². The molecule has 116 valence electrons. The van der Waals surface area contributed by atoms with Gasteiger partial charge in [0.1, 0.15) is 0 Å². The van der Waals surface area contributed by atoms with E-state index in [1.807, 2.05) is 0 Å². The first-order chi connectivity index (χ1) is 9.98. The SMILES string of the molecule is C=CCNC(=O)c1ccc(NS(=O)(=O)CCCCCl)cc1. The van der Waals surface area contributed by atoms with E-state index in [2.05, 4.69) is 16.6 Å². The van der Waals surface area contributed by atoms with Gasteiger partial charge in [-0.2, -0.15) is 0 Å². The molecule has 0 aliphatic rings. The highest BCUT2D eigenvalue weighted by molar-refractivity contribution is 7.92. The Morgan fingerprint density at radius 2 is 1.90 bits per heavy atom. The average Bonchev–Trinajstić information content (AvgIpc) is 2.45. The summed E-state index contributed by atoms with van der Waals surface area (Å²) in [6, 6.07) is 6.24. The molecule has 1 amide bonds. The number of nitrogens with one attached hydrogen (secondary N) is 2. The molecule has 0 bridgehead atoms. The van der Waals surface area contributed by atoms with Crippen LogP contribution in [0.2, 0.25) is 0 Å². The van der Waals surface area contributed by atoms with Crippen LogP contribution in [0.15, 0.2) is 36.9 Å². The van der Waals surface area contributed by atoms with Crippen LogP contribution in [0.5, 0.6) is 0 Å². The van der Waals surface area contributed by atoms with Crippen molar-refractivity contribution in [3.63, 3.8) is 0 Å². The van der Waals surface area contributed by atoms with Crippen LogP contribution in [0.25, 0.3) is 0 Å². The molecule has 0 heterocycles. The van der Waals surface area contributed by atoms with Crippen molar-refractivity contribution in [3.05, 3.63) is 42.5 Å². The highest BCUT2D eigenvalue weighted by Crippen LogP contribution is 2.12. The number of carbonyl (C=O) groups excluding carboxylic acids is 1. The Bertz CT molecular complexity index is 570. The fourth-order valence-corrected chi connectivity index (χ4v) is 2.94. The first-order valence-corrected chi connectivity index (χ1v) is 8.73. The first kappa shape index (κ1) is 17.5. The lowest BCUT2D eigenvalue weighted by Gasteiger charge is -2.08. The monoisotopic (exact) mass is 330 g/mol. The van der Waals surface area contributed by atoms with Crippen molar-refractivity contribution in [3.8, 4) is 0 Å². The van der Waals surface area contributed by atoms with E-state index in [9.17, 15) is 13.2 Å². The molecule has 0 radical (unpaired) electrons. The minimum absolute atomic E-state index is 0.0291. The Balaban J connectivity index is 2.61. The molecule has 0 saturated heterocycles. The molecule has 1 aromatic carbocycles. The Labute approximate surface area is 130 Å². The van der Waals surface area contributed by atoms with Crippen LogP contribution in [0.4, 0.5) is 5.69 Å². The van der Waals surface area contributed by atoms with Crippen LogP contribution in [0.3, 0.4) is 0 Å². The van der Waals surface area contributed by atoms with Crippen molar-refractivity contribution in [2.75, 3.05) is 22.9 Å². The molecule has 1 aromatic rings. The Hall–Kier alpha value is -1.53. The number of alkyl halides is 1. The second kappa shape index (κ2) is 8.69. The topological polar surface area (TPSA) is 75.3 Å². The van der Waals surface area contributed by atoms with Gasteiger partial charge in [-0.05, 0) is 37.1 Å². The molecule has 0 unspecified atom stereocenters. The van der Waals surface area contributed by atoms with Gasteiger partial charge in [0.15, 0.2) is 0 Å². The summed E-state index contributed by atoms with van der Waals surface area (Å²) in [6.07, 6.45) is 2.76. The first-order valence-electron chi connectivity index (χ1n) is 6.54. The molecule has 0 spiro atoms. The fraction of sp³-hybridized carbons (Fsp3) is 0.357. The summed E-state index contributed by atoms with van der Waals surface area (Å²) in [5.74, 6) is 0.247. The van der Waals surface area contributed by atoms with Crippen molar-refractivity contribution in [1.82, 2.24) is 5.32 Å². The van der Waals surface area contributed by atoms with E-state index in [1.54, 1.807) is 30.3 Å². The summed E-state index contributed by atoms with van der Waals surface area (Å²) in [7, 11) is -3.38. The van der Waals surface area contributed by atoms with E-state index in [1.165, 1.54) is 0 Å². The third-order valence-corrected chi connectivity index (χ3v) is 4.26. The number of hydrogen-bond donors (Lipinski definition) is 2. The van der Waals surface area contributed by atoms with Gasteiger partial charge in [-0.3, -0.25) is 9.52 Å². The van der Waals surface area contributed by atoms with Gasteiger partial charge in [0.25, 0.3) is 5.91 Å². The molecule has 2 N–H and O–H groups in total. The summed E-state index contributed by atoms with van der Waals surface area (Å²) in [6.45, 7) is 3.89. The van der Waals surface area contributed by atoms with Gasteiger partial charge in [0, 0.05) is 23.7 Å². The van der Waals surface area contributed by atoms with E-state index in [0.717, 1.165) is 0 Å². The maximum atomic E-state index is 11.8. The number of unbranched alkanes of at least 4 members (excludes halogenated alkanes) is 1. The van der Waals surface area contributed by atoms with Gasteiger partial charge in [0.2, 0.25) is 10.0 Å². The fourth-order valence-electron chi connectivity index (χ4n) is 1.57. The van der Waals surface area contributed by atoms with Crippen LogP contribution in [-0.2, 0) is 10.0 Å². The van der Waals surface area contributed by atoms with Gasteiger partial charge in [0.05, 0.1) is 5.75 Å². The number of rotatable bonds is 9. The second-order valence-corrected chi connectivity index (χ2v) is 6.61. The molecule has 0 saturated carbocycles. The van der Waals surface area contributed by atoms with Crippen LogP contribution in [0, 0.1) is 0 Å². The van der Waals surface area contributed by atoms with Crippen LogP contribution in [0.1, 0.15) is 23.2 Å². The predicted molar refractivity (Wildman–Crippen MR) is 86.3 cm³/mol. The van der Waals surface area contributed by atoms with E-state index in [0.29, 0.717) is 36.5 Å². The Morgan fingerprint density at radius 1 is 1.24 bits per heavy atom. The summed E-state index contributed by atoms with van der Waals surface area (Å²) in [4.78, 5) is 11.7. The minimum Gasteiger partial charge on any atom is -0.349 e. The zero-order valence-electron chi connectivity index (χ0n) is 11.6. The lowest BCUT2D eigenvalue weighted by molar-refractivity contribution is 0.0958. The smallest absolute Gasteiger partial charge is 0.251 e. The number of hydrogen-bond acceptors (Lipinski definition) is 3. The maximum absolute atomic E-state index is 11.8. The number of amides is 1. The molecule has 0 aliphatic carbocycles. The van der Waals surface area contributed by atoms with Crippen molar-refractivity contribution in [1.29, 1.82) is 0 Å². The highest BCUT2D eigenvalue weighted by Gasteiger charge is 2.10. The predicted octanol–water partition coefficient (Wildman–Crippen LogP) is 2.36. The highest BCUT2D eigenvalue weighted by atomic mass is 35.5. The van der Waals surface area contributed by atoms with Crippen molar-refractivity contribution < 1.29 is 13.2 Å². The zero-order valence-corrected chi connectivity index (χ0v) is 13.2. The number of sulfonamides is 1. The standard InChI is InChI=1S/C14H19ClN2O3S/c1-2-10-16-14(18)12-5-7-13(8-6-12)17-21(19,20)11-4-3-9-15/h2,5-8,17H,1,3-4,9-11H2,(H,16,18). The van der Waals surface area contributed by atoms with Crippen molar-refractivity contribution in [2.24, 2.45) is 0 Å². The zero-order chi connectivity index (χ0) is 15.7. The number of carbonyl (C=O) groups is 1. The van der Waals surface area contributed by atoms with Crippen molar-refractivity contribution >= 4 is 33.2 Å². The molecule has 5 nitrogen and oxygen atoms in total. The Kier molecular flexibility index (Phi) is 7.25. The van der Waals surface area contributed by atoms with Gasteiger partial charge < -0.3 is 5.32 Å². The third-order valence-electron chi connectivity index (χ3n) is 2.62. The molecule has 7 heteroatoms. The van der Waals surface area contributed by atoms with Gasteiger partial charge >= 0.3 is 0 Å². The largest absolute Gasteiger partial charge is 0.349 e. The number of benzene rings is 1. The van der Waals surface area contributed by atoms with Gasteiger partial charge in [-0.15, -0.1) is 18.2 Å². The quantitative estimate of drug-likeness (QED) is 0.414. The molecule has 1 rings (SSSR count). The minimum atomic E-state index is -3.38. The van der Waals surface area contributed by atoms with Crippen LogP contribution < -0.4 is 10.0 Å². The number of anilines is 1. The maximum Gasteiger partial charge on any atom is 0.251 e. The molecule has 21 heavy (non-hydrogen) atoms. The molecular formula is C14H19ClN2O3S. The van der Waals surface area contributed by atoms with Gasteiger partial charge in [-0.25, -0.2) is 8.42 Å².